The second-order valence-corrected chi connectivity index (χ2v) is 7.48. The van der Waals surface area contributed by atoms with Crippen LogP contribution in [0.25, 0.3) is 22.3 Å². The third-order valence-electron chi connectivity index (χ3n) is 4.97. The van der Waals surface area contributed by atoms with Crippen molar-refractivity contribution in [3.05, 3.63) is 71.8 Å². The van der Waals surface area contributed by atoms with Gasteiger partial charge in [0, 0.05) is 22.5 Å². The Morgan fingerprint density at radius 2 is 0.885 bits per heavy atom. The van der Waals surface area contributed by atoms with Crippen molar-refractivity contribution in [3.63, 3.8) is 0 Å². The van der Waals surface area contributed by atoms with Gasteiger partial charge in [0.25, 0.3) is 0 Å². The van der Waals surface area contributed by atoms with Crippen LogP contribution < -0.4 is 11.5 Å². The monoisotopic (exact) mass is 344 g/mol. The van der Waals surface area contributed by atoms with Crippen molar-refractivity contribution in [1.82, 2.24) is 0 Å². The molecule has 0 saturated carbocycles. The van der Waals surface area contributed by atoms with Gasteiger partial charge in [-0.05, 0) is 46.2 Å². The van der Waals surface area contributed by atoms with E-state index in [1.165, 1.54) is 22.3 Å². The molecule has 0 bridgehead atoms. The lowest BCUT2D eigenvalue weighted by Gasteiger charge is -2.22. The van der Waals surface area contributed by atoms with Crippen molar-refractivity contribution >= 4 is 11.4 Å². The zero-order chi connectivity index (χ0) is 18.8. The molecule has 0 fully saturated rings. The van der Waals surface area contributed by atoms with E-state index in [0.717, 1.165) is 22.5 Å². The highest BCUT2D eigenvalue weighted by atomic mass is 14.6. The molecule has 0 aliphatic rings. The second-order valence-electron chi connectivity index (χ2n) is 7.48. The highest BCUT2D eigenvalue weighted by molar-refractivity contribution is 5.98. The van der Waals surface area contributed by atoms with E-state index in [1.807, 2.05) is 12.1 Å². The number of hydrogen-bond acceptors (Lipinski definition) is 2. The Morgan fingerprint density at radius 1 is 0.538 bits per heavy atom. The van der Waals surface area contributed by atoms with Gasteiger partial charge >= 0.3 is 0 Å². The summed E-state index contributed by atoms with van der Waals surface area (Å²) in [4.78, 5) is 0. The fourth-order valence-electron chi connectivity index (χ4n) is 3.67. The SMILES string of the molecule is CC(C)c1ccccc1-c1c(N)ccc(N)c1-c1ccccc1C(C)C. The number of nitrogen functional groups attached to an aromatic ring is 2. The first kappa shape index (κ1) is 18.1. The molecule has 3 aromatic rings. The van der Waals surface area contributed by atoms with E-state index < -0.39 is 0 Å². The third-order valence-corrected chi connectivity index (χ3v) is 4.97. The fourth-order valence-corrected chi connectivity index (χ4v) is 3.67. The van der Waals surface area contributed by atoms with Crippen LogP contribution in [0.2, 0.25) is 0 Å². The van der Waals surface area contributed by atoms with Gasteiger partial charge in [-0.1, -0.05) is 76.2 Å². The molecule has 0 unspecified atom stereocenters. The lowest BCUT2D eigenvalue weighted by atomic mass is 9.83. The molecule has 134 valence electrons. The number of hydrogen-bond donors (Lipinski definition) is 2. The third kappa shape index (κ3) is 3.20. The normalized spacial score (nSPS) is 11.3. The summed E-state index contributed by atoms with van der Waals surface area (Å²) >= 11 is 0. The maximum Gasteiger partial charge on any atom is 0.0401 e. The van der Waals surface area contributed by atoms with Crippen LogP contribution in [0.1, 0.15) is 50.7 Å². The van der Waals surface area contributed by atoms with Crippen LogP contribution in [0, 0.1) is 0 Å². The minimum absolute atomic E-state index is 0.403. The molecule has 2 heteroatoms. The maximum absolute atomic E-state index is 6.50. The van der Waals surface area contributed by atoms with Crippen molar-refractivity contribution < 1.29 is 0 Å². The van der Waals surface area contributed by atoms with Gasteiger partial charge in [-0.3, -0.25) is 0 Å². The summed E-state index contributed by atoms with van der Waals surface area (Å²) in [6, 6.07) is 20.8. The van der Waals surface area contributed by atoms with Gasteiger partial charge in [0.1, 0.15) is 0 Å². The molecule has 0 spiro atoms. The Kier molecular flexibility index (Phi) is 5.03. The van der Waals surface area contributed by atoms with E-state index in [2.05, 4.69) is 76.2 Å². The van der Waals surface area contributed by atoms with Gasteiger partial charge < -0.3 is 11.5 Å². The van der Waals surface area contributed by atoms with Crippen molar-refractivity contribution in [2.24, 2.45) is 0 Å². The minimum Gasteiger partial charge on any atom is -0.398 e. The molecule has 0 amide bonds. The zero-order valence-electron chi connectivity index (χ0n) is 16.1. The number of rotatable bonds is 4. The number of benzene rings is 3. The van der Waals surface area contributed by atoms with Gasteiger partial charge in [0.2, 0.25) is 0 Å². The maximum atomic E-state index is 6.50. The van der Waals surface area contributed by atoms with E-state index in [-0.39, 0.29) is 0 Å². The van der Waals surface area contributed by atoms with Crippen LogP contribution in [0.5, 0.6) is 0 Å². The smallest absolute Gasteiger partial charge is 0.0401 e. The summed E-state index contributed by atoms with van der Waals surface area (Å²) in [6.07, 6.45) is 0. The molecule has 0 aliphatic heterocycles. The summed E-state index contributed by atoms with van der Waals surface area (Å²) in [5.74, 6) is 0.806. The van der Waals surface area contributed by atoms with E-state index >= 15 is 0 Å². The van der Waals surface area contributed by atoms with E-state index in [0.29, 0.717) is 11.8 Å². The number of anilines is 2. The average Bonchev–Trinajstić information content (AvgIpc) is 2.63. The largest absolute Gasteiger partial charge is 0.398 e. The first-order valence-corrected chi connectivity index (χ1v) is 9.28. The molecule has 0 aliphatic carbocycles. The summed E-state index contributed by atoms with van der Waals surface area (Å²) in [5, 5.41) is 0. The van der Waals surface area contributed by atoms with E-state index in [9.17, 15) is 0 Å². The second kappa shape index (κ2) is 7.25. The van der Waals surface area contributed by atoms with Crippen molar-refractivity contribution in [1.29, 1.82) is 0 Å². The van der Waals surface area contributed by atoms with Crippen molar-refractivity contribution in [2.75, 3.05) is 11.5 Å². The highest BCUT2D eigenvalue weighted by Crippen LogP contribution is 2.45. The molecule has 3 aromatic carbocycles. The Balaban J connectivity index is 2.39. The van der Waals surface area contributed by atoms with Crippen LogP contribution in [0.3, 0.4) is 0 Å². The molecule has 0 heterocycles. The Hall–Kier alpha value is -2.74. The Labute approximate surface area is 156 Å². The van der Waals surface area contributed by atoms with Crippen LogP contribution in [-0.4, -0.2) is 0 Å². The topological polar surface area (TPSA) is 52.0 Å². The zero-order valence-corrected chi connectivity index (χ0v) is 16.1. The predicted octanol–water partition coefficient (Wildman–Crippen LogP) is 6.43. The molecule has 0 aromatic heterocycles. The van der Waals surface area contributed by atoms with Crippen LogP contribution in [0.15, 0.2) is 60.7 Å². The van der Waals surface area contributed by atoms with Gasteiger partial charge in [-0.2, -0.15) is 0 Å². The molecular weight excluding hydrogens is 316 g/mol. The lowest BCUT2D eigenvalue weighted by Crippen LogP contribution is -2.03. The lowest BCUT2D eigenvalue weighted by molar-refractivity contribution is 0.867. The first-order valence-electron chi connectivity index (χ1n) is 9.28. The molecule has 4 N–H and O–H groups in total. The van der Waals surface area contributed by atoms with Crippen LogP contribution in [0.4, 0.5) is 11.4 Å². The summed E-state index contributed by atoms with van der Waals surface area (Å²) in [6.45, 7) is 8.85. The summed E-state index contributed by atoms with van der Waals surface area (Å²) < 4.78 is 0. The fraction of sp³-hybridized carbons (Fsp3) is 0.250. The summed E-state index contributed by atoms with van der Waals surface area (Å²) in [7, 11) is 0. The standard InChI is InChI=1S/C24H28N2/c1-15(2)17-9-5-7-11-19(17)23-21(25)13-14-22(26)24(23)20-12-8-6-10-18(20)16(3)4/h5-16H,25-26H2,1-4H3. The molecule has 26 heavy (non-hydrogen) atoms. The van der Waals surface area contributed by atoms with Gasteiger partial charge in [-0.15, -0.1) is 0 Å². The van der Waals surface area contributed by atoms with Gasteiger partial charge in [-0.25, -0.2) is 0 Å². The number of nitrogens with two attached hydrogens (primary N) is 2. The predicted molar refractivity (Wildman–Crippen MR) is 114 cm³/mol. The van der Waals surface area contributed by atoms with Crippen LogP contribution in [-0.2, 0) is 0 Å². The first-order chi connectivity index (χ1) is 12.4. The van der Waals surface area contributed by atoms with Crippen molar-refractivity contribution in [3.8, 4) is 22.3 Å². The highest BCUT2D eigenvalue weighted by Gasteiger charge is 2.20. The van der Waals surface area contributed by atoms with Crippen molar-refractivity contribution in [2.45, 2.75) is 39.5 Å². The summed E-state index contributed by atoms with van der Waals surface area (Å²) in [5.41, 5.74) is 21.5. The minimum atomic E-state index is 0.403. The molecule has 0 atom stereocenters. The quantitative estimate of drug-likeness (QED) is 0.536. The molecule has 0 saturated heterocycles. The molecular formula is C24H28N2. The molecule has 2 nitrogen and oxygen atoms in total. The van der Waals surface area contributed by atoms with Crippen LogP contribution >= 0.6 is 0 Å². The Bertz CT molecular complexity index is 847. The average molecular weight is 345 g/mol. The van der Waals surface area contributed by atoms with Gasteiger partial charge in [0.05, 0.1) is 0 Å². The van der Waals surface area contributed by atoms with E-state index in [4.69, 9.17) is 11.5 Å². The Morgan fingerprint density at radius 3 is 1.23 bits per heavy atom. The van der Waals surface area contributed by atoms with Gasteiger partial charge in [0.15, 0.2) is 0 Å². The molecule has 3 rings (SSSR count). The van der Waals surface area contributed by atoms with E-state index in [1.54, 1.807) is 0 Å². The molecule has 0 radical (unpaired) electrons.